The molecule has 2 unspecified atom stereocenters. The number of anilines is 2. The van der Waals surface area contributed by atoms with Crippen molar-refractivity contribution in [1.82, 2.24) is 10.3 Å². The van der Waals surface area contributed by atoms with Crippen LogP contribution in [-0.2, 0) is 14.6 Å². The van der Waals surface area contributed by atoms with Gasteiger partial charge in [-0.2, -0.15) is 13.2 Å². The van der Waals surface area contributed by atoms with Crippen LogP contribution in [0.4, 0.5) is 29.3 Å². The first kappa shape index (κ1) is 22.7. The molecule has 4 rings (SSSR count). The fraction of sp³-hybridized carbons (Fsp3) is 0.300. The lowest BCUT2D eigenvalue weighted by Crippen LogP contribution is -2.39. The average molecular weight is 482 g/mol. The fourth-order valence-corrected chi connectivity index (χ4v) is 4.71. The number of hydrogen-bond acceptors (Lipinski definition) is 6. The van der Waals surface area contributed by atoms with Crippen LogP contribution < -0.4 is 15.1 Å². The van der Waals surface area contributed by atoms with E-state index in [1.165, 1.54) is 30.3 Å². The molecule has 1 spiro atoms. The Morgan fingerprint density at radius 2 is 1.76 bits per heavy atom. The number of carbonyl (C=O) groups excluding carboxylic acids is 3. The molecule has 1 N–H and O–H groups in total. The second kappa shape index (κ2) is 7.27. The summed E-state index contributed by atoms with van der Waals surface area (Å²) < 4.78 is 61.6. The van der Waals surface area contributed by atoms with Crippen molar-refractivity contribution in [2.45, 2.75) is 29.3 Å². The van der Waals surface area contributed by atoms with Gasteiger partial charge in [0.25, 0.3) is 21.7 Å². The normalized spacial score (nSPS) is 22.8. The summed E-state index contributed by atoms with van der Waals surface area (Å²) in [4.78, 5) is 43.5. The third-order valence-electron chi connectivity index (χ3n) is 5.80. The van der Waals surface area contributed by atoms with E-state index in [2.05, 4.69) is 10.3 Å². The molecule has 0 radical (unpaired) electrons. The van der Waals surface area contributed by atoms with Crippen LogP contribution >= 0.6 is 0 Å². The number of urea groups is 1. The van der Waals surface area contributed by atoms with Crippen molar-refractivity contribution in [3.8, 4) is 0 Å². The maximum Gasteiger partial charge on any atom is 0.501 e. The third kappa shape index (κ3) is 3.25. The number of hydrogen-bond donors (Lipinski definition) is 1. The number of aromatic nitrogens is 1. The van der Waals surface area contributed by atoms with Gasteiger partial charge >= 0.3 is 11.5 Å². The molecule has 0 bridgehead atoms. The lowest BCUT2D eigenvalue weighted by molar-refractivity contribution is -0.119. The van der Waals surface area contributed by atoms with Crippen LogP contribution in [0.25, 0.3) is 0 Å². The monoisotopic (exact) mass is 482 g/mol. The van der Waals surface area contributed by atoms with Crippen molar-refractivity contribution in [2.75, 3.05) is 16.8 Å². The van der Waals surface area contributed by atoms with Gasteiger partial charge in [-0.05, 0) is 48.7 Å². The van der Waals surface area contributed by atoms with Crippen molar-refractivity contribution in [3.05, 3.63) is 48.3 Å². The van der Waals surface area contributed by atoms with Gasteiger partial charge < -0.3 is 5.32 Å². The van der Waals surface area contributed by atoms with Gasteiger partial charge in [-0.25, -0.2) is 18.1 Å². The minimum absolute atomic E-state index is 0.0267. The quantitative estimate of drug-likeness (QED) is 0.670. The van der Waals surface area contributed by atoms with Gasteiger partial charge in [0, 0.05) is 13.2 Å². The van der Waals surface area contributed by atoms with Crippen LogP contribution in [0.5, 0.6) is 0 Å². The van der Waals surface area contributed by atoms with Crippen molar-refractivity contribution in [2.24, 2.45) is 5.92 Å². The van der Waals surface area contributed by atoms with Crippen LogP contribution in [0.15, 0.2) is 47.5 Å². The van der Waals surface area contributed by atoms with E-state index in [0.717, 1.165) is 17.0 Å². The smallest absolute Gasteiger partial charge is 0.354 e. The summed E-state index contributed by atoms with van der Waals surface area (Å²) in [7, 11) is -4.16. The number of imide groups is 1. The number of nitrogens with one attached hydrogen (secondary N) is 1. The van der Waals surface area contributed by atoms with E-state index in [0.29, 0.717) is 18.6 Å². The lowest BCUT2D eigenvalue weighted by Gasteiger charge is -2.22. The van der Waals surface area contributed by atoms with Crippen LogP contribution in [0.1, 0.15) is 23.8 Å². The van der Waals surface area contributed by atoms with E-state index in [4.69, 9.17) is 0 Å². The van der Waals surface area contributed by atoms with Crippen molar-refractivity contribution < 1.29 is 36.0 Å². The number of carbonyl (C=O) groups is 3. The number of rotatable bonds is 4. The Labute approximate surface area is 186 Å². The number of amides is 4. The SMILES string of the molecule is CNC(=O)c1cc(N2C(=O)N(c3ccc(S(=O)(=O)C(F)(F)F)cc3)C(=O)C23CC3C)ccn1. The Bertz CT molecular complexity index is 1280. The summed E-state index contributed by atoms with van der Waals surface area (Å²) in [6.45, 7) is 1.77. The molecule has 1 aromatic heterocycles. The first-order chi connectivity index (χ1) is 15.4. The highest BCUT2D eigenvalue weighted by Crippen LogP contribution is 2.55. The Morgan fingerprint density at radius 3 is 2.27 bits per heavy atom. The molecule has 2 atom stereocenters. The largest absolute Gasteiger partial charge is 0.501 e. The average Bonchev–Trinajstić information content (AvgIpc) is 3.38. The number of sulfone groups is 1. The molecule has 9 nitrogen and oxygen atoms in total. The van der Waals surface area contributed by atoms with Gasteiger partial charge in [0.05, 0.1) is 16.3 Å². The molecule has 4 amide bonds. The minimum Gasteiger partial charge on any atom is -0.354 e. The number of halogens is 3. The zero-order chi connectivity index (χ0) is 24.3. The highest BCUT2D eigenvalue weighted by molar-refractivity contribution is 7.92. The fourth-order valence-electron chi connectivity index (χ4n) is 3.95. The zero-order valence-electron chi connectivity index (χ0n) is 17.3. The molecule has 174 valence electrons. The summed E-state index contributed by atoms with van der Waals surface area (Å²) in [5.41, 5.74) is -6.49. The van der Waals surface area contributed by atoms with Gasteiger partial charge in [-0.1, -0.05) is 6.92 Å². The molecular weight excluding hydrogens is 465 g/mol. The molecule has 1 aliphatic carbocycles. The van der Waals surface area contributed by atoms with E-state index in [9.17, 15) is 36.0 Å². The summed E-state index contributed by atoms with van der Waals surface area (Å²) in [6.07, 6.45) is 1.66. The number of nitrogens with zero attached hydrogens (tertiary/aromatic N) is 3. The third-order valence-corrected chi connectivity index (χ3v) is 7.30. The molecule has 2 aliphatic rings. The Hall–Kier alpha value is -3.48. The second-order valence-corrected chi connectivity index (χ2v) is 9.65. The molecule has 2 aromatic rings. The second-order valence-electron chi connectivity index (χ2n) is 7.71. The first-order valence-corrected chi connectivity index (χ1v) is 11.1. The molecule has 33 heavy (non-hydrogen) atoms. The van der Waals surface area contributed by atoms with E-state index in [1.807, 2.05) is 0 Å². The van der Waals surface area contributed by atoms with Gasteiger partial charge in [-0.3, -0.25) is 19.5 Å². The highest BCUT2D eigenvalue weighted by atomic mass is 32.2. The topological polar surface area (TPSA) is 117 Å². The molecule has 1 aromatic carbocycles. The van der Waals surface area contributed by atoms with Gasteiger partial charge in [0.15, 0.2) is 0 Å². The van der Waals surface area contributed by atoms with Crippen LogP contribution in [-0.4, -0.2) is 49.3 Å². The van der Waals surface area contributed by atoms with Crippen LogP contribution in [0.2, 0.25) is 0 Å². The summed E-state index contributed by atoms with van der Waals surface area (Å²) in [6, 6.07) is 5.39. The molecule has 1 aliphatic heterocycles. The summed E-state index contributed by atoms with van der Waals surface area (Å²) in [5.74, 6) is -1.31. The Kier molecular flexibility index (Phi) is 5.00. The van der Waals surface area contributed by atoms with Crippen molar-refractivity contribution in [3.63, 3.8) is 0 Å². The predicted octanol–water partition coefficient (Wildman–Crippen LogP) is 2.49. The predicted molar refractivity (Wildman–Crippen MR) is 109 cm³/mol. The maximum atomic E-state index is 13.3. The van der Waals surface area contributed by atoms with E-state index in [1.54, 1.807) is 6.92 Å². The van der Waals surface area contributed by atoms with E-state index >= 15 is 0 Å². The Morgan fingerprint density at radius 1 is 1.15 bits per heavy atom. The minimum atomic E-state index is -5.58. The lowest BCUT2D eigenvalue weighted by atomic mass is 10.1. The molecule has 1 saturated heterocycles. The zero-order valence-corrected chi connectivity index (χ0v) is 18.1. The van der Waals surface area contributed by atoms with E-state index in [-0.39, 0.29) is 23.0 Å². The number of benzene rings is 1. The summed E-state index contributed by atoms with van der Waals surface area (Å²) in [5, 5.41) is 2.42. The van der Waals surface area contributed by atoms with Crippen LogP contribution in [0.3, 0.4) is 0 Å². The molecule has 2 fully saturated rings. The molecule has 1 saturated carbocycles. The number of alkyl halides is 3. The number of pyridine rings is 1. The van der Waals surface area contributed by atoms with Gasteiger partial charge in [0.1, 0.15) is 11.2 Å². The summed E-state index contributed by atoms with van der Waals surface area (Å²) >= 11 is 0. The standard InChI is InChI=1S/C20H17F3N4O5S/c1-11-10-19(11)17(29)26(12-3-5-14(6-4-12)33(31,32)20(21,22)23)18(30)27(19)13-7-8-25-15(9-13)16(28)24-2/h3-9,11H,10H2,1-2H3,(H,24,28). The van der Waals surface area contributed by atoms with Gasteiger partial charge in [0.2, 0.25) is 0 Å². The molecule has 13 heteroatoms. The molecule has 2 heterocycles. The maximum absolute atomic E-state index is 13.3. The highest BCUT2D eigenvalue weighted by Gasteiger charge is 2.70. The van der Waals surface area contributed by atoms with Crippen molar-refractivity contribution in [1.29, 1.82) is 0 Å². The Balaban J connectivity index is 1.74. The van der Waals surface area contributed by atoms with E-state index < -0.39 is 43.6 Å². The van der Waals surface area contributed by atoms with Crippen LogP contribution in [0, 0.1) is 5.92 Å². The van der Waals surface area contributed by atoms with Crippen molar-refractivity contribution >= 4 is 39.1 Å². The molecular formula is C20H17F3N4O5S. The first-order valence-electron chi connectivity index (χ1n) is 9.64. The van der Waals surface area contributed by atoms with Gasteiger partial charge in [-0.15, -0.1) is 0 Å².